The Morgan fingerprint density at radius 3 is 1.32 bits per heavy atom. The van der Waals surface area contributed by atoms with Crippen LogP contribution in [-0.2, 0) is 48.9 Å². The molecule has 2 aliphatic heterocycles. The van der Waals surface area contributed by atoms with E-state index in [1.54, 1.807) is 38.1 Å². The fourth-order valence-electron chi connectivity index (χ4n) is 11.4. The Labute approximate surface area is 608 Å². The zero-order valence-corrected chi connectivity index (χ0v) is 61.9. The first-order valence-corrected chi connectivity index (χ1v) is 38.5. The quantitative estimate of drug-likeness (QED) is 0.00800. The average molecular weight is 1510 g/mol. The summed E-state index contributed by atoms with van der Waals surface area (Å²) in [6, 6.07) is 16.9. The largest absolute Gasteiger partial charge is 0.494 e. The van der Waals surface area contributed by atoms with Gasteiger partial charge in [-0.3, -0.25) is 28.3 Å². The Bertz CT molecular complexity index is 4330. The lowest BCUT2D eigenvalue weighted by atomic mass is 10.0. The lowest BCUT2D eigenvalue weighted by Gasteiger charge is -2.27. The maximum atomic E-state index is 13.8. The molecule has 10 rings (SSSR count). The van der Waals surface area contributed by atoms with Crippen LogP contribution in [0, 0.1) is 0 Å². The second kappa shape index (κ2) is 34.7. The van der Waals surface area contributed by atoms with Crippen LogP contribution in [0.25, 0.3) is 12.2 Å². The Morgan fingerprint density at radius 1 is 0.583 bits per heavy atom. The van der Waals surface area contributed by atoms with Gasteiger partial charge in [-0.15, -0.1) is 20.5 Å². The van der Waals surface area contributed by atoms with Crippen LogP contribution in [-0.4, -0.2) is 172 Å². The minimum absolute atomic E-state index is 0.136. The van der Waals surface area contributed by atoms with Gasteiger partial charge >= 0.3 is 0 Å². The van der Waals surface area contributed by atoms with Gasteiger partial charge < -0.3 is 59.8 Å². The molecule has 6 N–H and O–H groups in total. The van der Waals surface area contributed by atoms with E-state index in [4.69, 9.17) is 64.3 Å². The van der Waals surface area contributed by atoms with E-state index < -0.39 is 43.6 Å². The summed E-state index contributed by atoms with van der Waals surface area (Å²) < 4.78 is 89.2. The molecule has 546 valence electrons. The summed E-state index contributed by atoms with van der Waals surface area (Å²) in [5, 5.41) is 32.2. The van der Waals surface area contributed by atoms with Crippen molar-refractivity contribution in [3.63, 3.8) is 0 Å². The van der Waals surface area contributed by atoms with Crippen LogP contribution >= 0.6 is 34.4 Å². The van der Waals surface area contributed by atoms with Crippen molar-refractivity contribution in [3.05, 3.63) is 93.7 Å². The second-order valence-electron chi connectivity index (χ2n) is 23.4. The van der Waals surface area contributed by atoms with Crippen LogP contribution in [0.1, 0.15) is 83.4 Å². The lowest BCUT2D eigenvalue weighted by molar-refractivity contribution is -0.120. The number of aromatic nitrogens is 5. The maximum Gasteiger partial charge on any atom is 0.294 e. The minimum Gasteiger partial charge on any atom is -0.494 e. The van der Waals surface area contributed by atoms with Crippen molar-refractivity contribution < 1.29 is 64.1 Å². The molecule has 2 saturated heterocycles. The first-order valence-electron chi connectivity index (χ1n) is 33.1. The highest BCUT2D eigenvalue weighted by Crippen LogP contribution is 2.45. The molecule has 7 aromatic rings. The molecule has 2 amide bonds. The standard InChI is InChI=1S/C67H79N17O14S5/c1-9-81(10-2)53-36-49(51(38-55(53)95-7)77-79-66-72-59(83-26-30-97-31-27-83)57(100-66)34-47(40(5)85)61(87)68-42-18-22-45(23-19-42)102(89,90)91)70-63-74-64(76-65(75-63)99-44-16-14-13-15-17-44)71-50-37-54(82(11-3)12-4)56(96-8)39-52(50)78-80-67-73-60(84-28-32-98-33-29-84)58(101-67)35-48(41(6)86)62(88)69-43-20-24-46(25-21-43)103(92,93)94/h18-25,34-39,44H,9-17,26-33H2,1-8H3,(H,68,87)(H,69,88)(H,89,90,91)(H,92,93,94)(H2,70,71,74,75,76)/b47-34-,48-35+,79-77?,80-78?. The molecular formula is C67H79N17O14S5. The summed E-state index contributed by atoms with van der Waals surface area (Å²) in [5.41, 5.74) is 2.77. The first kappa shape index (κ1) is 76.2. The number of hydrogen-bond acceptors (Lipinski definition) is 30. The number of Topliss-reactive ketones (excluding diaryl/α,β-unsaturated/α-hetero) is 2. The van der Waals surface area contributed by atoms with Gasteiger partial charge in [0.2, 0.25) is 22.2 Å². The van der Waals surface area contributed by atoms with Crippen LogP contribution in [0.4, 0.5) is 79.3 Å². The molecule has 5 heterocycles. The highest BCUT2D eigenvalue weighted by molar-refractivity contribution is 7.99. The summed E-state index contributed by atoms with van der Waals surface area (Å²) >= 11 is 3.72. The van der Waals surface area contributed by atoms with E-state index in [1.165, 1.54) is 50.3 Å². The number of hydrogen-bond donors (Lipinski definition) is 6. The molecule has 0 spiro atoms. The van der Waals surface area contributed by atoms with Gasteiger partial charge in [0.1, 0.15) is 34.5 Å². The third-order valence-electron chi connectivity index (χ3n) is 16.7. The number of methoxy groups -OCH3 is 2. The number of rotatable bonds is 30. The number of azo groups is 2. The van der Waals surface area contributed by atoms with Crippen LogP contribution < -0.4 is 50.3 Å². The fraction of sp³-hybridized carbons (Fsp3) is 0.388. The predicted molar refractivity (Wildman–Crippen MR) is 398 cm³/mol. The Hall–Kier alpha value is -9.40. The number of nitrogens with zero attached hydrogens (tertiary/aromatic N) is 13. The van der Waals surface area contributed by atoms with E-state index >= 15 is 0 Å². The van der Waals surface area contributed by atoms with Crippen molar-refractivity contribution in [2.45, 2.75) is 93.8 Å². The van der Waals surface area contributed by atoms with Gasteiger partial charge in [0.05, 0.1) is 94.1 Å². The number of anilines is 10. The molecule has 1 saturated carbocycles. The summed E-state index contributed by atoms with van der Waals surface area (Å²) in [6.07, 6.45) is 8.00. The number of nitrogens with one attached hydrogen (secondary N) is 4. The molecule has 0 unspecified atom stereocenters. The molecule has 31 nitrogen and oxygen atoms in total. The number of carbonyl (C=O) groups excluding carboxylic acids is 4. The molecule has 0 atom stereocenters. The number of benzene rings is 4. The van der Waals surface area contributed by atoms with Gasteiger partial charge in [0.15, 0.2) is 16.7 Å². The number of ether oxygens (including phenoxy) is 4. The molecule has 3 aliphatic rings. The monoisotopic (exact) mass is 1510 g/mol. The van der Waals surface area contributed by atoms with Gasteiger partial charge in [0.25, 0.3) is 32.1 Å². The Balaban J connectivity index is 1.04. The van der Waals surface area contributed by atoms with E-state index in [2.05, 4.69) is 31.1 Å². The summed E-state index contributed by atoms with van der Waals surface area (Å²) in [6.45, 7) is 16.4. The van der Waals surface area contributed by atoms with Gasteiger partial charge in [0, 0.05) is 81.1 Å². The molecule has 3 fully saturated rings. The zero-order chi connectivity index (χ0) is 73.5. The fourth-order valence-corrected chi connectivity index (χ4v) is 15.2. The summed E-state index contributed by atoms with van der Waals surface area (Å²) in [5.74, 6) is -0.578. The van der Waals surface area contributed by atoms with Gasteiger partial charge in [-0.2, -0.15) is 41.8 Å². The molecule has 0 bridgehead atoms. The van der Waals surface area contributed by atoms with Crippen molar-refractivity contribution in [2.75, 3.05) is 134 Å². The van der Waals surface area contributed by atoms with Crippen molar-refractivity contribution in [2.24, 2.45) is 20.5 Å². The summed E-state index contributed by atoms with van der Waals surface area (Å²) in [7, 11) is -5.88. The van der Waals surface area contributed by atoms with Crippen molar-refractivity contribution in [1.29, 1.82) is 0 Å². The topological polar surface area (TPSA) is 389 Å². The molecule has 0 radical (unpaired) electrons. The number of carbonyl (C=O) groups is 4. The van der Waals surface area contributed by atoms with Crippen molar-refractivity contribution >= 4 is 169 Å². The summed E-state index contributed by atoms with van der Waals surface area (Å²) in [4.78, 5) is 87.4. The Morgan fingerprint density at radius 2 is 0.971 bits per heavy atom. The van der Waals surface area contributed by atoms with Crippen molar-refractivity contribution in [1.82, 2.24) is 24.9 Å². The first-order chi connectivity index (χ1) is 49.4. The van der Waals surface area contributed by atoms with Gasteiger partial charge in [-0.05, 0) is 127 Å². The smallest absolute Gasteiger partial charge is 0.294 e. The number of amides is 2. The van der Waals surface area contributed by atoms with E-state index in [0.717, 1.165) is 90.4 Å². The number of ketones is 2. The van der Waals surface area contributed by atoms with Crippen LogP contribution in [0.5, 0.6) is 11.5 Å². The van der Waals surface area contributed by atoms with Crippen LogP contribution in [0.3, 0.4) is 0 Å². The van der Waals surface area contributed by atoms with E-state index in [0.29, 0.717) is 140 Å². The van der Waals surface area contributed by atoms with E-state index in [1.807, 2.05) is 49.6 Å². The number of morpholine rings is 2. The Kier molecular flexibility index (Phi) is 25.7. The predicted octanol–water partition coefficient (Wildman–Crippen LogP) is 12.6. The lowest BCUT2D eigenvalue weighted by Crippen LogP contribution is -2.36. The maximum absolute atomic E-state index is 13.8. The highest BCUT2D eigenvalue weighted by atomic mass is 32.2. The molecule has 3 aromatic heterocycles. The average Bonchev–Trinajstić information content (AvgIpc) is 1.52. The minimum atomic E-state index is -4.50. The number of thiazole rings is 2. The van der Waals surface area contributed by atoms with E-state index in [-0.39, 0.29) is 59.7 Å². The highest BCUT2D eigenvalue weighted by Gasteiger charge is 2.28. The normalized spacial score (nSPS) is 15.0. The SMILES string of the molecule is CCN(CC)c1cc(Nc2nc(Nc3cc(N(CC)CC)c(OC)cc3N=Nc3nc(N4CCOCC4)c(/C=C(\C(C)=O)C(=O)Nc4ccc(S(=O)(=O)O)cc4)s3)nc(SC3CCCCC3)n2)c(N=Nc2nc(N3CCOCC3)c(/C=C(/C(C)=O)C(=O)Nc3ccc(S(=O)(=O)O)cc3)s2)cc1OC. The molecule has 36 heteroatoms. The molecular weight excluding hydrogens is 1430 g/mol. The number of thioether (sulfide) groups is 1. The third kappa shape index (κ3) is 19.7. The van der Waals surface area contributed by atoms with Gasteiger partial charge in [-0.25, -0.2) is 0 Å². The zero-order valence-electron chi connectivity index (χ0n) is 57.8. The molecule has 103 heavy (non-hydrogen) atoms. The molecule has 4 aromatic carbocycles. The second-order valence-corrected chi connectivity index (χ2v) is 29.6. The van der Waals surface area contributed by atoms with Gasteiger partial charge in [-0.1, -0.05) is 53.7 Å². The molecule has 1 aliphatic carbocycles. The van der Waals surface area contributed by atoms with Crippen LogP contribution in [0.15, 0.2) is 119 Å². The van der Waals surface area contributed by atoms with Crippen molar-refractivity contribution in [3.8, 4) is 11.5 Å². The van der Waals surface area contributed by atoms with Crippen LogP contribution in [0.2, 0.25) is 0 Å². The third-order valence-corrected chi connectivity index (χ3v) is 21.4. The van der Waals surface area contributed by atoms with E-state index in [9.17, 15) is 45.1 Å².